The summed E-state index contributed by atoms with van der Waals surface area (Å²) in [5, 5.41) is 23.0. The van der Waals surface area contributed by atoms with Gasteiger partial charge in [0.25, 0.3) is 16.0 Å². The number of carbonyl (C=O) groups excluding carboxylic acids is 1. The second-order valence-electron chi connectivity index (χ2n) is 8.10. The molecule has 0 aromatic heterocycles. The van der Waals surface area contributed by atoms with E-state index in [0.29, 0.717) is 39.2 Å². The molecule has 0 fully saturated rings. The summed E-state index contributed by atoms with van der Waals surface area (Å²) in [6.07, 6.45) is 0.507. The fraction of sp³-hybridized carbons (Fsp3) is 0.115. The molecule has 3 N–H and O–H groups in total. The molecule has 12 heteroatoms. The van der Waals surface area contributed by atoms with Gasteiger partial charge in [-0.1, -0.05) is 54.4 Å². The lowest BCUT2D eigenvalue weighted by molar-refractivity contribution is 0.102. The van der Waals surface area contributed by atoms with Gasteiger partial charge in [0.05, 0.1) is 22.7 Å². The van der Waals surface area contributed by atoms with Crippen LogP contribution in [-0.4, -0.2) is 31.1 Å². The molecule has 9 nitrogen and oxygen atoms in total. The molecule has 4 rings (SSSR count). The number of ether oxygens (including phenoxy) is 1. The molecule has 4 aromatic rings. The number of phenolic OH excluding ortho intramolecular Hbond substituents is 1. The van der Waals surface area contributed by atoms with Crippen molar-refractivity contribution in [1.82, 2.24) is 0 Å². The Morgan fingerprint density at radius 2 is 1.76 bits per heavy atom. The van der Waals surface area contributed by atoms with Crippen LogP contribution in [0.15, 0.2) is 75.8 Å². The van der Waals surface area contributed by atoms with E-state index in [1.165, 1.54) is 31.4 Å². The first-order valence-electron chi connectivity index (χ1n) is 11.1. The molecule has 0 atom stereocenters. The van der Waals surface area contributed by atoms with Crippen LogP contribution in [0.2, 0.25) is 10.0 Å². The summed E-state index contributed by atoms with van der Waals surface area (Å²) >= 11 is 12.2. The lowest BCUT2D eigenvalue weighted by atomic mass is 10.0. The predicted octanol–water partition coefficient (Wildman–Crippen LogP) is 7.34. The third kappa shape index (κ3) is 5.58. The number of phenols is 1. The number of hydrogen-bond donors (Lipinski definition) is 3. The molecule has 0 saturated heterocycles. The third-order valence-corrected chi connectivity index (χ3v) is 7.32. The minimum Gasteiger partial charge on any atom is -0.505 e. The molecular formula is C26H21Cl2N3O6S. The summed E-state index contributed by atoms with van der Waals surface area (Å²) in [6.45, 7) is 1.83. The summed E-state index contributed by atoms with van der Waals surface area (Å²) < 4.78 is 38.9. The fourth-order valence-corrected chi connectivity index (χ4v) is 5.19. The van der Waals surface area contributed by atoms with E-state index < -0.39 is 26.7 Å². The van der Waals surface area contributed by atoms with E-state index in [0.717, 1.165) is 0 Å². The fourth-order valence-electron chi connectivity index (χ4n) is 3.80. The minimum absolute atomic E-state index is 0.0822. The molecule has 0 aliphatic rings. The van der Waals surface area contributed by atoms with E-state index in [1.807, 2.05) is 6.92 Å². The molecule has 1 amide bonds. The lowest BCUT2D eigenvalue weighted by Crippen LogP contribution is -2.12. The number of nitrogens with zero attached hydrogens (tertiary/aromatic N) is 2. The maximum Gasteiger partial charge on any atom is 0.298 e. The van der Waals surface area contributed by atoms with Gasteiger partial charge in [-0.05, 0) is 47.7 Å². The summed E-state index contributed by atoms with van der Waals surface area (Å²) in [5.74, 6) is -0.787. The maximum atomic E-state index is 13.2. The number of amides is 1. The Morgan fingerprint density at radius 1 is 1.03 bits per heavy atom. The number of nitrogens with one attached hydrogen (secondary N) is 1. The molecule has 0 spiro atoms. The normalized spacial score (nSPS) is 11.7. The highest BCUT2D eigenvalue weighted by molar-refractivity contribution is 7.86. The predicted molar refractivity (Wildman–Crippen MR) is 146 cm³/mol. The van der Waals surface area contributed by atoms with Gasteiger partial charge in [0.1, 0.15) is 22.0 Å². The molecule has 4 aromatic carbocycles. The van der Waals surface area contributed by atoms with Gasteiger partial charge >= 0.3 is 0 Å². The Balaban J connectivity index is 1.84. The molecule has 0 bridgehead atoms. The van der Waals surface area contributed by atoms with E-state index in [2.05, 4.69) is 15.5 Å². The monoisotopic (exact) mass is 573 g/mol. The van der Waals surface area contributed by atoms with Crippen molar-refractivity contribution in [2.24, 2.45) is 10.2 Å². The number of benzene rings is 4. The molecule has 0 heterocycles. The molecular weight excluding hydrogens is 553 g/mol. The lowest BCUT2D eigenvalue weighted by Gasteiger charge is -2.12. The number of carbonyl (C=O) groups is 1. The number of anilines is 1. The highest BCUT2D eigenvalue weighted by Crippen LogP contribution is 2.41. The molecule has 0 saturated carbocycles. The van der Waals surface area contributed by atoms with Crippen molar-refractivity contribution in [3.8, 4) is 11.5 Å². The van der Waals surface area contributed by atoms with Gasteiger partial charge in [0.15, 0.2) is 5.75 Å². The first-order chi connectivity index (χ1) is 18.0. The molecule has 0 aliphatic carbocycles. The van der Waals surface area contributed by atoms with E-state index in [9.17, 15) is 22.9 Å². The summed E-state index contributed by atoms with van der Waals surface area (Å²) in [7, 11) is -3.30. The van der Waals surface area contributed by atoms with Gasteiger partial charge in [0, 0.05) is 17.1 Å². The van der Waals surface area contributed by atoms with E-state index in [4.69, 9.17) is 27.9 Å². The van der Waals surface area contributed by atoms with Gasteiger partial charge in [0.2, 0.25) is 0 Å². The third-order valence-electron chi connectivity index (χ3n) is 5.66. The number of fused-ring (bicyclic) bond motifs is 1. The number of aryl methyl sites for hydroxylation is 1. The number of azo groups is 1. The van der Waals surface area contributed by atoms with E-state index in [-0.39, 0.29) is 22.0 Å². The quantitative estimate of drug-likeness (QED) is 0.156. The summed E-state index contributed by atoms with van der Waals surface area (Å²) in [4.78, 5) is 12.5. The Kier molecular flexibility index (Phi) is 7.89. The van der Waals surface area contributed by atoms with Crippen molar-refractivity contribution in [3.05, 3.63) is 81.8 Å². The van der Waals surface area contributed by atoms with Crippen LogP contribution in [0.25, 0.3) is 10.8 Å². The number of rotatable bonds is 7. The van der Waals surface area contributed by atoms with Crippen molar-refractivity contribution >= 4 is 67.1 Å². The van der Waals surface area contributed by atoms with Crippen LogP contribution in [-0.2, 0) is 16.5 Å². The first-order valence-corrected chi connectivity index (χ1v) is 13.3. The van der Waals surface area contributed by atoms with Crippen LogP contribution >= 0.6 is 23.2 Å². The van der Waals surface area contributed by atoms with Crippen molar-refractivity contribution < 1.29 is 27.6 Å². The smallest absolute Gasteiger partial charge is 0.298 e. The zero-order chi connectivity index (χ0) is 27.6. The van der Waals surface area contributed by atoms with Crippen LogP contribution in [0, 0.1) is 0 Å². The molecule has 0 radical (unpaired) electrons. The van der Waals surface area contributed by atoms with Crippen molar-refractivity contribution in [3.63, 3.8) is 0 Å². The molecule has 0 aliphatic heterocycles. The van der Waals surface area contributed by atoms with Crippen LogP contribution in [0.1, 0.15) is 22.8 Å². The Hall–Kier alpha value is -3.70. The Bertz CT molecular complexity index is 1710. The number of aromatic hydroxyl groups is 1. The van der Waals surface area contributed by atoms with Crippen LogP contribution in [0.4, 0.5) is 17.1 Å². The van der Waals surface area contributed by atoms with Crippen LogP contribution in [0.3, 0.4) is 0 Å². The van der Waals surface area contributed by atoms with E-state index in [1.54, 1.807) is 36.4 Å². The van der Waals surface area contributed by atoms with Crippen LogP contribution in [0.5, 0.6) is 11.5 Å². The van der Waals surface area contributed by atoms with Gasteiger partial charge in [-0.25, -0.2) is 0 Å². The Labute approximate surface area is 228 Å². The topological polar surface area (TPSA) is 138 Å². The largest absolute Gasteiger partial charge is 0.505 e. The molecule has 38 heavy (non-hydrogen) atoms. The van der Waals surface area contributed by atoms with Gasteiger partial charge < -0.3 is 15.2 Å². The maximum absolute atomic E-state index is 13.2. The second-order valence-corrected chi connectivity index (χ2v) is 10.3. The highest BCUT2D eigenvalue weighted by Gasteiger charge is 2.23. The SMILES string of the molecule is CCc1cc(Cl)c(S(=O)(=O)O)c(N=Nc2c(O)c(C(=O)Nc3ccc(Cl)c(OC)c3)cc3ccccc23)c1. The average Bonchev–Trinajstić information content (AvgIpc) is 2.87. The summed E-state index contributed by atoms with van der Waals surface area (Å²) in [6, 6.07) is 15.8. The zero-order valence-electron chi connectivity index (χ0n) is 20.1. The highest BCUT2D eigenvalue weighted by atomic mass is 35.5. The van der Waals surface area contributed by atoms with Crippen molar-refractivity contribution in [1.29, 1.82) is 0 Å². The molecule has 0 unspecified atom stereocenters. The standard InChI is InChI=1S/C26H21Cl2N3O6S/c1-3-14-10-20(28)25(38(34,35)36)21(11-14)30-31-23-17-7-5-4-6-15(17)12-18(24(23)32)26(33)29-16-8-9-19(27)22(13-16)37-2/h4-13,32H,3H2,1-2H3,(H,29,33)(H,34,35,36). The van der Waals surface area contributed by atoms with Crippen LogP contribution < -0.4 is 10.1 Å². The van der Waals surface area contributed by atoms with Crippen molar-refractivity contribution in [2.75, 3.05) is 12.4 Å². The number of hydrogen-bond acceptors (Lipinski definition) is 7. The Morgan fingerprint density at radius 3 is 2.45 bits per heavy atom. The van der Waals surface area contributed by atoms with Gasteiger partial charge in [-0.2, -0.15) is 8.42 Å². The van der Waals surface area contributed by atoms with Gasteiger partial charge in [-0.3, -0.25) is 9.35 Å². The number of methoxy groups -OCH3 is 1. The van der Waals surface area contributed by atoms with Crippen molar-refractivity contribution in [2.45, 2.75) is 18.2 Å². The number of halogens is 2. The second kappa shape index (κ2) is 11.0. The first kappa shape index (κ1) is 27.3. The minimum atomic E-state index is -4.74. The zero-order valence-corrected chi connectivity index (χ0v) is 22.4. The average molecular weight is 574 g/mol. The summed E-state index contributed by atoms with van der Waals surface area (Å²) in [5.41, 5.74) is 0.611. The van der Waals surface area contributed by atoms with E-state index >= 15 is 0 Å². The molecule has 196 valence electrons. The van der Waals surface area contributed by atoms with Gasteiger partial charge in [-0.15, -0.1) is 10.2 Å².